The molecule has 1 aliphatic heterocycles. The standard InChI is InChI=1S/C9H15NO/c1-2-3-9(11)10-5-7-4-8(7)6-10/h7-8H,2-6H2,1H3. The Morgan fingerprint density at radius 1 is 1.45 bits per heavy atom. The van der Waals surface area contributed by atoms with Gasteiger partial charge >= 0.3 is 0 Å². The topological polar surface area (TPSA) is 20.3 Å². The number of likely N-dealkylation sites (tertiary alicyclic amines) is 1. The van der Waals surface area contributed by atoms with Crippen molar-refractivity contribution in [3.05, 3.63) is 0 Å². The minimum absolute atomic E-state index is 0.375. The van der Waals surface area contributed by atoms with Crippen LogP contribution in [0.25, 0.3) is 0 Å². The van der Waals surface area contributed by atoms with Crippen LogP contribution in [0.1, 0.15) is 26.2 Å². The summed E-state index contributed by atoms with van der Waals surface area (Å²) in [4.78, 5) is 13.4. The lowest BCUT2D eigenvalue weighted by Gasteiger charge is -2.16. The number of hydrogen-bond donors (Lipinski definition) is 0. The van der Waals surface area contributed by atoms with E-state index in [1.807, 2.05) is 4.90 Å². The fourth-order valence-corrected chi connectivity index (χ4v) is 1.97. The molecule has 0 aromatic heterocycles. The number of rotatable bonds is 2. The van der Waals surface area contributed by atoms with E-state index in [0.29, 0.717) is 5.91 Å². The van der Waals surface area contributed by atoms with Gasteiger partial charge in [0, 0.05) is 19.5 Å². The molecule has 2 fully saturated rings. The highest BCUT2D eigenvalue weighted by Crippen LogP contribution is 2.44. The van der Waals surface area contributed by atoms with Crippen LogP contribution < -0.4 is 0 Å². The molecule has 0 N–H and O–H groups in total. The highest BCUT2D eigenvalue weighted by molar-refractivity contribution is 5.76. The maximum absolute atomic E-state index is 11.3. The van der Waals surface area contributed by atoms with Gasteiger partial charge in [0.15, 0.2) is 0 Å². The van der Waals surface area contributed by atoms with Crippen molar-refractivity contribution < 1.29 is 4.79 Å². The van der Waals surface area contributed by atoms with Crippen LogP contribution in [0, 0.1) is 11.8 Å². The van der Waals surface area contributed by atoms with E-state index < -0.39 is 0 Å². The third-order valence-electron chi connectivity index (χ3n) is 2.80. The van der Waals surface area contributed by atoms with Crippen molar-refractivity contribution in [2.45, 2.75) is 26.2 Å². The minimum atomic E-state index is 0.375. The molecule has 2 heteroatoms. The zero-order valence-electron chi connectivity index (χ0n) is 7.05. The van der Waals surface area contributed by atoms with Gasteiger partial charge in [0.25, 0.3) is 0 Å². The summed E-state index contributed by atoms with van der Waals surface area (Å²) in [5, 5.41) is 0. The Hall–Kier alpha value is -0.530. The molecule has 62 valence electrons. The number of piperidine rings is 1. The SMILES string of the molecule is CCCC(=O)N1CC2CC2C1. The summed E-state index contributed by atoms with van der Waals surface area (Å²) in [5.41, 5.74) is 0. The third kappa shape index (κ3) is 1.26. The first-order valence-electron chi connectivity index (χ1n) is 4.59. The maximum Gasteiger partial charge on any atom is 0.222 e. The summed E-state index contributed by atoms with van der Waals surface area (Å²) in [7, 11) is 0. The van der Waals surface area contributed by atoms with E-state index in [9.17, 15) is 4.79 Å². The molecule has 0 spiro atoms. The lowest BCUT2D eigenvalue weighted by atomic mass is 10.3. The van der Waals surface area contributed by atoms with Crippen molar-refractivity contribution in [3.8, 4) is 0 Å². The van der Waals surface area contributed by atoms with E-state index >= 15 is 0 Å². The van der Waals surface area contributed by atoms with Gasteiger partial charge in [0.1, 0.15) is 0 Å². The molecule has 2 rings (SSSR count). The van der Waals surface area contributed by atoms with Crippen LogP contribution in [0.4, 0.5) is 0 Å². The van der Waals surface area contributed by atoms with Crippen LogP contribution in [-0.4, -0.2) is 23.9 Å². The molecule has 2 aliphatic rings. The van der Waals surface area contributed by atoms with Crippen LogP contribution in [0.5, 0.6) is 0 Å². The van der Waals surface area contributed by atoms with Gasteiger partial charge in [-0.05, 0) is 24.7 Å². The molecule has 1 heterocycles. The van der Waals surface area contributed by atoms with Gasteiger partial charge < -0.3 is 4.90 Å². The summed E-state index contributed by atoms with van der Waals surface area (Å²) in [6.07, 6.45) is 3.13. The van der Waals surface area contributed by atoms with Gasteiger partial charge in [0.2, 0.25) is 5.91 Å². The molecule has 0 aromatic rings. The molecule has 1 aliphatic carbocycles. The van der Waals surface area contributed by atoms with Crippen molar-refractivity contribution in [1.82, 2.24) is 4.90 Å². The molecule has 0 bridgehead atoms. The first kappa shape index (κ1) is 7.14. The zero-order chi connectivity index (χ0) is 7.84. The molecule has 1 saturated heterocycles. The highest BCUT2D eigenvalue weighted by atomic mass is 16.2. The summed E-state index contributed by atoms with van der Waals surface area (Å²) in [5.74, 6) is 2.14. The second kappa shape index (κ2) is 2.50. The Labute approximate surface area is 67.6 Å². The molecular formula is C9H15NO. The Balaban J connectivity index is 1.82. The lowest BCUT2D eigenvalue weighted by Crippen LogP contribution is -2.29. The number of carbonyl (C=O) groups excluding carboxylic acids is 1. The number of nitrogens with zero attached hydrogens (tertiary/aromatic N) is 1. The summed E-state index contributed by atoms with van der Waals surface area (Å²) in [6, 6.07) is 0. The van der Waals surface area contributed by atoms with Gasteiger partial charge in [0.05, 0.1) is 0 Å². The monoisotopic (exact) mass is 153 g/mol. The fourth-order valence-electron chi connectivity index (χ4n) is 1.97. The van der Waals surface area contributed by atoms with E-state index in [2.05, 4.69) is 6.92 Å². The number of hydrogen-bond acceptors (Lipinski definition) is 1. The molecule has 2 atom stereocenters. The second-order valence-corrected chi connectivity index (χ2v) is 3.80. The van der Waals surface area contributed by atoms with Crippen molar-refractivity contribution >= 4 is 5.91 Å². The first-order valence-corrected chi connectivity index (χ1v) is 4.59. The molecule has 0 aromatic carbocycles. The highest BCUT2D eigenvalue weighted by Gasteiger charge is 2.46. The summed E-state index contributed by atoms with van der Waals surface area (Å²) in [6.45, 7) is 4.18. The van der Waals surface area contributed by atoms with E-state index in [-0.39, 0.29) is 0 Å². The zero-order valence-corrected chi connectivity index (χ0v) is 7.05. The third-order valence-corrected chi connectivity index (χ3v) is 2.80. The van der Waals surface area contributed by atoms with Crippen LogP contribution in [0.3, 0.4) is 0 Å². The van der Waals surface area contributed by atoms with Crippen molar-refractivity contribution in [3.63, 3.8) is 0 Å². The largest absolute Gasteiger partial charge is 0.342 e. The molecule has 0 radical (unpaired) electrons. The Kier molecular flexibility index (Phi) is 1.63. The predicted molar refractivity (Wildman–Crippen MR) is 43.1 cm³/mol. The average molecular weight is 153 g/mol. The van der Waals surface area contributed by atoms with E-state index in [0.717, 1.165) is 37.8 Å². The van der Waals surface area contributed by atoms with Crippen LogP contribution in [0.15, 0.2) is 0 Å². The molecule has 1 saturated carbocycles. The van der Waals surface area contributed by atoms with E-state index in [1.165, 1.54) is 6.42 Å². The molecule has 11 heavy (non-hydrogen) atoms. The fraction of sp³-hybridized carbons (Fsp3) is 0.889. The van der Waals surface area contributed by atoms with Crippen LogP contribution >= 0.6 is 0 Å². The number of carbonyl (C=O) groups is 1. The summed E-state index contributed by atoms with van der Waals surface area (Å²) >= 11 is 0. The molecule has 2 unspecified atom stereocenters. The van der Waals surface area contributed by atoms with Gasteiger partial charge in [-0.25, -0.2) is 0 Å². The maximum atomic E-state index is 11.3. The van der Waals surface area contributed by atoms with E-state index in [4.69, 9.17) is 0 Å². The summed E-state index contributed by atoms with van der Waals surface area (Å²) < 4.78 is 0. The molecular weight excluding hydrogens is 138 g/mol. The Bertz CT molecular complexity index is 168. The smallest absolute Gasteiger partial charge is 0.222 e. The predicted octanol–water partition coefficient (Wildman–Crippen LogP) is 1.26. The van der Waals surface area contributed by atoms with Gasteiger partial charge in [-0.2, -0.15) is 0 Å². The van der Waals surface area contributed by atoms with Crippen LogP contribution in [0.2, 0.25) is 0 Å². The lowest BCUT2D eigenvalue weighted by molar-refractivity contribution is -0.130. The van der Waals surface area contributed by atoms with Crippen LogP contribution in [-0.2, 0) is 4.79 Å². The minimum Gasteiger partial charge on any atom is -0.342 e. The quantitative estimate of drug-likeness (QED) is 0.585. The number of fused-ring (bicyclic) bond motifs is 1. The van der Waals surface area contributed by atoms with Crippen molar-refractivity contribution in [2.24, 2.45) is 11.8 Å². The van der Waals surface area contributed by atoms with Crippen molar-refractivity contribution in [2.75, 3.05) is 13.1 Å². The second-order valence-electron chi connectivity index (χ2n) is 3.80. The van der Waals surface area contributed by atoms with Gasteiger partial charge in [-0.3, -0.25) is 4.79 Å². The van der Waals surface area contributed by atoms with Gasteiger partial charge in [-0.15, -0.1) is 0 Å². The average Bonchev–Trinajstić information content (AvgIpc) is 2.59. The molecule has 1 amide bonds. The Morgan fingerprint density at radius 2 is 2.09 bits per heavy atom. The van der Waals surface area contributed by atoms with E-state index in [1.54, 1.807) is 0 Å². The van der Waals surface area contributed by atoms with Gasteiger partial charge in [-0.1, -0.05) is 6.92 Å². The normalized spacial score (nSPS) is 33.7. The molecule has 2 nitrogen and oxygen atoms in total. The first-order chi connectivity index (χ1) is 5.31. The van der Waals surface area contributed by atoms with Crippen molar-refractivity contribution in [1.29, 1.82) is 0 Å². The Morgan fingerprint density at radius 3 is 2.64 bits per heavy atom. The number of amides is 1.